The van der Waals surface area contributed by atoms with Crippen LogP contribution in [0.15, 0.2) is 18.3 Å². The maximum atomic E-state index is 9.32. The Morgan fingerprint density at radius 1 is 1.32 bits per heavy atom. The molecule has 4 heteroatoms. The summed E-state index contributed by atoms with van der Waals surface area (Å²) in [6.45, 7) is 9.04. The van der Waals surface area contributed by atoms with Crippen LogP contribution in [0.5, 0.6) is 0 Å². The van der Waals surface area contributed by atoms with Gasteiger partial charge >= 0.3 is 0 Å². The summed E-state index contributed by atoms with van der Waals surface area (Å²) in [4.78, 5) is 6.78. The van der Waals surface area contributed by atoms with Gasteiger partial charge in [0, 0.05) is 30.9 Å². The summed E-state index contributed by atoms with van der Waals surface area (Å²) in [7, 11) is 0. The van der Waals surface area contributed by atoms with Gasteiger partial charge in [0.25, 0.3) is 0 Å². The second kappa shape index (κ2) is 8.88. The molecule has 1 aromatic rings. The zero-order valence-electron chi connectivity index (χ0n) is 12.4. The summed E-state index contributed by atoms with van der Waals surface area (Å²) >= 11 is 0. The monoisotopic (exact) mass is 265 g/mol. The lowest BCUT2D eigenvalue weighted by atomic mass is 10.1. The van der Waals surface area contributed by atoms with Gasteiger partial charge in [-0.1, -0.05) is 26.8 Å². The zero-order chi connectivity index (χ0) is 14.1. The maximum Gasteiger partial charge on any atom is 0.133 e. The van der Waals surface area contributed by atoms with E-state index in [1.165, 1.54) is 5.56 Å². The highest BCUT2D eigenvalue weighted by Crippen LogP contribution is 2.22. The van der Waals surface area contributed by atoms with Crippen molar-refractivity contribution >= 4 is 5.82 Å². The highest BCUT2D eigenvalue weighted by molar-refractivity contribution is 5.47. The lowest BCUT2D eigenvalue weighted by Gasteiger charge is -2.32. The van der Waals surface area contributed by atoms with E-state index in [2.05, 4.69) is 42.0 Å². The highest BCUT2D eigenvalue weighted by Gasteiger charge is 2.18. The van der Waals surface area contributed by atoms with Crippen LogP contribution in [0.1, 0.15) is 39.2 Å². The van der Waals surface area contributed by atoms with Gasteiger partial charge in [-0.25, -0.2) is 4.98 Å². The number of anilines is 1. The molecular formula is C15H27N3O. The molecule has 0 atom stereocenters. The van der Waals surface area contributed by atoms with E-state index < -0.39 is 0 Å². The van der Waals surface area contributed by atoms with Crippen LogP contribution in [-0.4, -0.2) is 35.8 Å². The normalized spacial score (nSPS) is 11.0. The highest BCUT2D eigenvalue weighted by atomic mass is 16.3. The third-order valence-corrected chi connectivity index (χ3v) is 3.43. The zero-order valence-corrected chi connectivity index (χ0v) is 12.4. The van der Waals surface area contributed by atoms with Crippen LogP contribution in [-0.2, 0) is 6.54 Å². The second-order valence-electron chi connectivity index (χ2n) is 4.65. The van der Waals surface area contributed by atoms with Crippen molar-refractivity contribution in [2.24, 2.45) is 0 Å². The molecule has 0 aliphatic carbocycles. The number of nitrogens with one attached hydrogen (secondary N) is 1. The molecule has 2 N–H and O–H groups in total. The third-order valence-electron chi connectivity index (χ3n) is 3.43. The summed E-state index contributed by atoms with van der Waals surface area (Å²) in [6, 6.07) is 4.51. The molecule has 0 saturated carbocycles. The molecule has 0 aromatic carbocycles. The van der Waals surface area contributed by atoms with Crippen molar-refractivity contribution < 1.29 is 5.11 Å². The Hall–Kier alpha value is -1.13. The Labute approximate surface area is 116 Å². The van der Waals surface area contributed by atoms with Crippen LogP contribution in [0, 0.1) is 0 Å². The molecule has 0 radical (unpaired) electrons. The number of aliphatic hydroxyl groups is 1. The summed E-state index contributed by atoms with van der Waals surface area (Å²) in [5.74, 6) is 1.01. The maximum absolute atomic E-state index is 9.32. The van der Waals surface area contributed by atoms with Crippen LogP contribution >= 0.6 is 0 Å². The lowest BCUT2D eigenvalue weighted by Crippen LogP contribution is -2.38. The molecule has 1 rings (SSSR count). The van der Waals surface area contributed by atoms with E-state index in [4.69, 9.17) is 0 Å². The number of pyridine rings is 1. The number of hydrogen-bond acceptors (Lipinski definition) is 4. The molecule has 0 spiro atoms. The Kier molecular flexibility index (Phi) is 7.45. The topological polar surface area (TPSA) is 48.4 Å². The number of nitrogens with zero attached hydrogens (tertiary/aromatic N) is 2. The third kappa shape index (κ3) is 4.48. The second-order valence-corrected chi connectivity index (χ2v) is 4.65. The van der Waals surface area contributed by atoms with Crippen molar-refractivity contribution in [3.8, 4) is 0 Å². The molecule has 0 aliphatic heterocycles. The fourth-order valence-electron chi connectivity index (χ4n) is 2.39. The van der Waals surface area contributed by atoms with Gasteiger partial charge in [0.1, 0.15) is 5.82 Å². The van der Waals surface area contributed by atoms with Gasteiger partial charge in [-0.05, 0) is 25.5 Å². The van der Waals surface area contributed by atoms with Gasteiger partial charge in [0.05, 0.1) is 6.61 Å². The quantitative estimate of drug-likeness (QED) is 0.718. The summed E-state index contributed by atoms with van der Waals surface area (Å²) in [6.07, 6.45) is 3.96. The van der Waals surface area contributed by atoms with Gasteiger partial charge in [-0.3, -0.25) is 0 Å². The van der Waals surface area contributed by atoms with Crippen molar-refractivity contribution in [1.82, 2.24) is 10.3 Å². The van der Waals surface area contributed by atoms with E-state index in [-0.39, 0.29) is 6.61 Å². The molecule has 19 heavy (non-hydrogen) atoms. The molecule has 108 valence electrons. The summed E-state index contributed by atoms with van der Waals surface area (Å²) in [5, 5.41) is 12.7. The summed E-state index contributed by atoms with van der Waals surface area (Å²) in [5.41, 5.74) is 1.20. The van der Waals surface area contributed by atoms with Crippen molar-refractivity contribution in [1.29, 1.82) is 0 Å². The van der Waals surface area contributed by atoms with Crippen LogP contribution in [0.4, 0.5) is 5.82 Å². The minimum Gasteiger partial charge on any atom is -0.395 e. The van der Waals surface area contributed by atoms with Crippen LogP contribution in [0.3, 0.4) is 0 Å². The molecule has 1 aromatic heterocycles. The minimum atomic E-state index is 0.160. The fraction of sp³-hybridized carbons (Fsp3) is 0.667. The number of aliphatic hydroxyl groups excluding tert-OH is 1. The largest absolute Gasteiger partial charge is 0.395 e. The first kappa shape index (κ1) is 15.9. The Morgan fingerprint density at radius 2 is 2.05 bits per heavy atom. The molecule has 0 amide bonds. The molecule has 1 heterocycles. The van der Waals surface area contributed by atoms with E-state index in [0.717, 1.165) is 31.7 Å². The molecule has 0 bridgehead atoms. The first-order chi connectivity index (χ1) is 9.28. The molecule has 4 nitrogen and oxygen atoms in total. The van der Waals surface area contributed by atoms with E-state index >= 15 is 0 Å². The average molecular weight is 265 g/mol. The van der Waals surface area contributed by atoms with Gasteiger partial charge in [-0.2, -0.15) is 0 Å². The van der Waals surface area contributed by atoms with E-state index in [9.17, 15) is 5.11 Å². The predicted octanol–water partition coefficient (Wildman–Crippen LogP) is 2.18. The summed E-state index contributed by atoms with van der Waals surface area (Å²) < 4.78 is 0. The smallest absolute Gasteiger partial charge is 0.133 e. The minimum absolute atomic E-state index is 0.160. The number of rotatable bonds is 9. The molecule has 0 fully saturated rings. The first-order valence-corrected chi connectivity index (χ1v) is 7.30. The van der Waals surface area contributed by atoms with E-state index in [1.54, 1.807) is 0 Å². The molecule has 0 aliphatic rings. The van der Waals surface area contributed by atoms with Crippen LogP contribution in [0.25, 0.3) is 0 Å². The molecule has 0 unspecified atom stereocenters. The number of aromatic nitrogens is 1. The number of hydrogen-bond donors (Lipinski definition) is 2. The molecular weight excluding hydrogens is 238 g/mol. The molecule has 0 saturated heterocycles. The first-order valence-electron chi connectivity index (χ1n) is 7.30. The van der Waals surface area contributed by atoms with Gasteiger partial charge in [0.2, 0.25) is 0 Å². The lowest BCUT2D eigenvalue weighted by molar-refractivity contribution is 0.295. The van der Waals surface area contributed by atoms with Gasteiger partial charge < -0.3 is 15.3 Å². The average Bonchev–Trinajstić information content (AvgIpc) is 2.46. The van der Waals surface area contributed by atoms with Crippen molar-refractivity contribution in [2.75, 3.05) is 24.6 Å². The van der Waals surface area contributed by atoms with E-state index in [1.807, 2.05) is 12.3 Å². The fourth-order valence-corrected chi connectivity index (χ4v) is 2.39. The van der Waals surface area contributed by atoms with E-state index in [0.29, 0.717) is 12.6 Å². The Bertz CT molecular complexity index is 353. The van der Waals surface area contributed by atoms with Crippen LogP contribution < -0.4 is 10.2 Å². The van der Waals surface area contributed by atoms with Crippen molar-refractivity contribution in [2.45, 2.75) is 46.2 Å². The Morgan fingerprint density at radius 3 is 2.63 bits per heavy atom. The van der Waals surface area contributed by atoms with Crippen molar-refractivity contribution in [3.63, 3.8) is 0 Å². The Balaban J connectivity index is 2.99. The predicted molar refractivity (Wildman–Crippen MR) is 80.4 cm³/mol. The SMILES string of the molecule is CCNCc1cccnc1N(CCO)C(CC)CC. The van der Waals surface area contributed by atoms with Gasteiger partial charge in [-0.15, -0.1) is 0 Å². The van der Waals surface area contributed by atoms with Gasteiger partial charge in [0.15, 0.2) is 0 Å². The van der Waals surface area contributed by atoms with Crippen molar-refractivity contribution in [3.05, 3.63) is 23.9 Å². The van der Waals surface area contributed by atoms with Crippen LogP contribution in [0.2, 0.25) is 0 Å². The standard InChI is InChI=1S/C15H27N3O/c1-4-14(5-2)18(10-11-19)15-13(12-16-6-3)8-7-9-17-15/h7-9,14,16,19H,4-6,10-12H2,1-3H3.